The van der Waals surface area contributed by atoms with Gasteiger partial charge < -0.3 is 10.1 Å². The van der Waals surface area contributed by atoms with Crippen LogP contribution in [0.1, 0.15) is 33.2 Å². The second-order valence-corrected chi connectivity index (χ2v) is 6.82. The molecule has 1 aliphatic carbocycles. The topological polar surface area (TPSA) is 72.5 Å². The molecule has 1 N–H and O–H groups in total. The molecule has 0 fully saturated rings. The first kappa shape index (κ1) is 19.0. The molecule has 2 aromatic carbocycles. The lowest BCUT2D eigenvalue weighted by Crippen LogP contribution is -2.43. The van der Waals surface area contributed by atoms with E-state index in [-0.39, 0.29) is 28.4 Å². The highest BCUT2D eigenvalue weighted by atomic mass is 79.9. The van der Waals surface area contributed by atoms with Gasteiger partial charge in [-0.15, -0.1) is 0 Å². The Kier molecular flexibility index (Phi) is 5.86. The third-order valence-electron chi connectivity index (χ3n) is 4.23. The molecule has 0 aromatic heterocycles. The summed E-state index contributed by atoms with van der Waals surface area (Å²) in [7, 11) is 0. The maximum Gasteiger partial charge on any atom is 0.328 e. The molecule has 0 radical (unpaired) electrons. The number of esters is 1. The summed E-state index contributed by atoms with van der Waals surface area (Å²) in [6.07, 6.45) is 0.326. The standard InChI is InChI=1S/C21H18BrNO4/c1-2-27-21(26)16(12-13-8-4-3-5-9-13)23-18-17(22)19(24)14-10-6-7-11-15(14)20(18)25/h3-11,16,23H,2,12H2,1H3/t16-/m0/s1. The monoisotopic (exact) mass is 427 g/mol. The van der Waals surface area contributed by atoms with Gasteiger partial charge in [-0.1, -0.05) is 54.6 Å². The Bertz CT molecular complexity index is 921. The van der Waals surface area contributed by atoms with E-state index >= 15 is 0 Å². The lowest BCUT2D eigenvalue weighted by atomic mass is 9.92. The van der Waals surface area contributed by atoms with Crippen molar-refractivity contribution in [3.05, 3.63) is 81.5 Å². The Labute approximate surface area is 165 Å². The van der Waals surface area contributed by atoms with Crippen molar-refractivity contribution in [3.63, 3.8) is 0 Å². The normalized spacial score (nSPS) is 14.6. The smallest absolute Gasteiger partial charge is 0.328 e. The molecule has 0 saturated carbocycles. The first-order chi connectivity index (χ1) is 13.0. The summed E-state index contributed by atoms with van der Waals surface area (Å²) in [5.41, 5.74) is 1.65. The molecule has 6 heteroatoms. The number of allylic oxidation sites excluding steroid dienone is 2. The Hall–Kier alpha value is -2.73. The third kappa shape index (κ3) is 4.01. The quantitative estimate of drug-likeness (QED) is 0.714. The minimum absolute atomic E-state index is 0.0766. The lowest BCUT2D eigenvalue weighted by molar-refractivity contribution is -0.145. The first-order valence-electron chi connectivity index (χ1n) is 8.58. The second kappa shape index (κ2) is 8.31. The van der Waals surface area contributed by atoms with Crippen molar-refractivity contribution in [2.75, 3.05) is 6.61 Å². The first-order valence-corrected chi connectivity index (χ1v) is 9.37. The summed E-state index contributed by atoms with van der Waals surface area (Å²) in [5, 5.41) is 2.95. The fourth-order valence-electron chi connectivity index (χ4n) is 2.93. The maximum absolute atomic E-state index is 12.9. The Morgan fingerprint density at radius 2 is 1.59 bits per heavy atom. The van der Waals surface area contributed by atoms with Crippen LogP contribution >= 0.6 is 15.9 Å². The number of rotatable bonds is 6. The van der Waals surface area contributed by atoms with Crippen molar-refractivity contribution in [2.24, 2.45) is 0 Å². The molecule has 0 aliphatic heterocycles. The molecule has 2 aromatic rings. The van der Waals surface area contributed by atoms with Gasteiger partial charge in [0.1, 0.15) is 11.7 Å². The van der Waals surface area contributed by atoms with Crippen molar-refractivity contribution >= 4 is 33.5 Å². The van der Waals surface area contributed by atoms with Crippen LogP contribution < -0.4 is 5.32 Å². The van der Waals surface area contributed by atoms with E-state index in [0.717, 1.165) is 5.56 Å². The zero-order valence-corrected chi connectivity index (χ0v) is 16.3. The fraction of sp³-hybridized carbons (Fsp3) is 0.190. The minimum Gasteiger partial charge on any atom is -0.464 e. The van der Waals surface area contributed by atoms with Gasteiger partial charge in [-0.05, 0) is 28.4 Å². The van der Waals surface area contributed by atoms with Gasteiger partial charge in [-0.3, -0.25) is 9.59 Å². The number of carbonyl (C=O) groups is 3. The molecule has 0 unspecified atom stereocenters. The van der Waals surface area contributed by atoms with Crippen LogP contribution in [0.3, 0.4) is 0 Å². The zero-order chi connectivity index (χ0) is 19.4. The molecular formula is C21H18BrNO4. The number of ether oxygens (including phenoxy) is 1. The number of hydrogen-bond acceptors (Lipinski definition) is 5. The molecule has 5 nitrogen and oxygen atoms in total. The zero-order valence-electron chi connectivity index (χ0n) is 14.7. The largest absolute Gasteiger partial charge is 0.464 e. The van der Waals surface area contributed by atoms with Crippen LogP contribution in [0.15, 0.2) is 64.8 Å². The number of Topliss-reactive ketones (excluding diaryl/α,β-unsaturated/α-hetero) is 2. The van der Waals surface area contributed by atoms with E-state index in [1.54, 1.807) is 31.2 Å². The molecule has 0 bridgehead atoms. The second-order valence-electron chi connectivity index (χ2n) is 6.03. The highest BCUT2D eigenvalue weighted by Crippen LogP contribution is 2.28. The van der Waals surface area contributed by atoms with Gasteiger partial charge in [0.25, 0.3) is 0 Å². The number of nitrogens with one attached hydrogen (secondary N) is 1. The van der Waals surface area contributed by atoms with Crippen LogP contribution in [0.25, 0.3) is 0 Å². The van der Waals surface area contributed by atoms with E-state index in [1.165, 1.54) is 0 Å². The van der Waals surface area contributed by atoms with Crippen LogP contribution in [-0.2, 0) is 16.0 Å². The Balaban J connectivity index is 1.93. The molecule has 0 heterocycles. The van der Waals surface area contributed by atoms with E-state index in [4.69, 9.17) is 4.74 Å². The van der Waals surface area contributed by atoms with E-state index in [2.05, 4.69) is 21.2 Å². The molecule has 0 amide bonds. The highest BCUT2D eigenvalue weighted by molar-refractivity contribution is 9.12. The van der Waals surface area contributed by atoms with Crippen LogP contribution in [0.5, 0.6) is 0 Å². The summed E-state index contributed by atoms with van der Waals surface area (Å²) in [6.45, 7) is 1.94. The number of carbonyl (C=O) groups excluding carboxylic acids is 3. The summed E-state index contributed by atoms with van der Waals surface area (Å²) < 4.78 is 5.27. The highest BCUT2D eigenvalue weighted by Gasteiger charge is 2.33. The number of benzene rings is 2. The van der Waals surface area contributed by atoms with E-state index in [1.807, 2.05) is 30.3 Å². The van der Waals surface area contributed by atoms with Gasteiger partial charge in [0.2, 0.25) is 11.6 Å². The van der Waals surface area contributed by atoms with E-state index in [0.29, 0.717) is 17.5 Å². The van der Waals surface area contributed by atoms with Crippen molar-refractivity contribution in [1.82, 2.24) is 5.32 Å². The fourth-order valence-corrected chi connectivity index (χ4v) is 3.44. The molecule has 1 aliphatic rings. The van der Waals surface area contributed by atoms with Gasteiger partial charge in [0, 0.05) is 17.5 Å². The van der Waals surface area contributed by atoms with Crippen molar-refractivity contribution in [3.8, 4) is 0 Å². The van der Waals surface area contributed by atoms with Gasteiger partial charge in [-0.25, -0.2) is 4.79 Å². The van der Waals surface area contributed by atoms with Crippen LogP contribution in [0.2, 0.25) is 0 Å². The molecule has 138 valence electrons. The number of hydrogen-bond donors (Lipinski definition) is 1. The third-order valence-corrected chi connectivity index (χ3v) is 4.99. The van der Waals surface area contributed by atoms with Crippen molar-refractivity contribution in [1.29, 1.82) is 0 Å². The van der Waals surface area contributed by atoms with Crippen molar-refractivity contribution < 1.29 is 19.1 Å². The molecular weight excluding hydrogens is 410 g/mol. The summed E-state index contributed by atoms with van der Waals surface area (Å²) in [5.74, 6) is -1.11. The Morgan fingerprint density at radius 1 is 1.00 bits per heavy atom. The molecule has 3 rings (SSSR count). The molecule has 1 atom stereocenters. The Morgan fingerprint density at radius 3 is 2.22 bits per heavy atom. The minimum atomic E-state index is -0.795. The van der Waals surface area contributed by atoms with Gasteiger partial charge in [0.15, 0.2) is 0 Å². The molecule has 0 spiro atoms. The summed E-state index contributed by atoms with van der Waals surface area (Å²) in [4.78, 5) is 37.9. The predicted octanol–water partition coefficient (Wildman–Crippen LogP) is 3.44. The average molecular weight is 428 g/mol. The predicted molar refractivity (Wildman–Crippen MR) is 105 cm³/mol. The van der Waals surface area contributed by atoms with E-state index < -0.39 is 12.0 Å². The number of fused-ring (bicyclic) bond motifs is 1. The summed E-state index contributed by atoms with van der Waals surface area (Å²) >= 11 is 3.23. The maximum atomic E-state index is 12.9. The molecule has 0 saturated heterocycles. The lowest BCUT2D eigenvalue weighted by Gasteiger charge is -2.24. The number of halogens is 1. The van der Waals surface area contributed by atoms with Crippen LogP contribution in [0.4, 0.5) is 0 Å². The van der Waals surface area contributed by atoms with Crippen LogP contribution in [-0.4, -0.2) is 30.2 Å². The van der Waals surface area contributed by atoms with Gasteiger partial charge in [-0.2, -0.15) is 0 Å². The number of ketones is 2. The average Bonchev–Trinajstić information content (AvgIpc) is 2.69. The van der Waals surface area contributed by atoms with Gasteiger partial charge >= 0.3 is 5.97 Å². The SMILES string of the molecule is CCOC(=O)[C@H](Cc1ccccc1)NC1=C(Br)C(=O)c2ccccc2C1=O. The summed E-state index contributed by atoms with van der Waals surface area (Å²) in [6, 6.07) is 15.2. The van der Waals surface area contributed by atoms with Crippen molar-refractivity contribution in [2.45, 2.75) is 19.4 Å². The molecule has 27 heavy (non-hydrogen) atoms. The van der Waals surface area contributed by atoms with Crippen LogP contribution in [0, 0.1) is 0 Å². The van der Waals surface area contributed by atoms with E-state index in [9.17, 15) is 14.4 Å². The van der Waals surface area contributed by atoms with Gasteiger partial charge in [0.05, 0.1) is 11.1 Å².